The number of nitrogens with zero attached hydrogens (tertiary/aromatic N) is 1. The van der Waals surface area contributed by atoms with Crippen molar-refractivity contribution in [3.05, 3.63) is 12.1 Å². The smallest absolute Gasteiger partial charge is 0.323 e. The van der Waals surface area contributed by atoms with Crippen LogP contribution in [-0.4, -0.2) is 18.6 Å². The molecule has 100 valence electrons. The van der Waals surface area contributed by atoms with Crippen LogP contribution in [0.15, 0.2) is 12.1 Å². The molecular formula is C8H8ClNO6S2. The number of benzene rings is 1. The Labute approximate surface area is 112 Å². The van der Waals surface area contributed by atoms with Gasteiger partial charge < -0.3 is 9.47 Å². The Morgan fingerprint density at radius 2 is 1.61 bits per heavy atom. The highest BCUT2D eigenvalue weighted by molar-refractivity contribution is 7.69. The van der Waals surface area contributed by atoms with Crippen molar-refractivity contribution in [1.29, 1.82) is 0 Å². The normalized spacial score (nSPS) is 10.8. The molecule has 0 bridgehead atoms. The van der Waals surface area contributed by atoms with Crippen molar-refractivity contribution in [2.24, 2.45) is 0 Å². The van der Waals surface area contributed by atoms with Gasteiger partial charge >= 0.3 is 10.3 Å². The summed E-state index contributed by atoms with van der Waals surface area (Å²) in [5, 5.41) is 0. The number of methoxy groups -OCH3 is 2. The van der Waals surface area contributed by atoms with Crippen LogP contribution in [0.5, 0.6) is 11.5 Å². The standard InChI is InChI=1S/C8H8NO2S2.ClHO4/c1-10-6-3-5-8(12-13-9-5)4-7(6)11-2;2-1(3,4)5/h3-4H,1-2H3;(H,2,3,4,5)/q+1;/p-1. The molecule has 18 heavy (non-hydrogen) atoms. The van der Waals surface area contributed by atoms with E-state index in [1.165, 1.54) is 10.5 Å². The Kier molecular flexibility index (Phi) is 5.41. The van der Waals surface area contributed by atoms with E-state index in [-0.39, 0.29) is 0 Å². The van der Waals surface area contributed by atoms with Crippen molar-refractivity contribution >= 4 is 31.1 Å². The minimum Gasteiger partial charge on any atom is -0.493 e. The number of hydrogen-bond acceptors (Lipinski definition) is 8. The SMILES string of the molecule is COc1cc2ns[s+]c2cc1OC.[O-][Cl+3]([O-])([O-])[O-]. The van der Waals surface area contributed by atoms with Crippen molar-refractivity contribution in [3.8, 4) is 11.5 Å². The van der Waals surface area contributed by atoms with E-state index in [0.717, 1.165) is 21.7 Å². The minimum absolute atomic E-state index is 0.730. The lowest BCUT2D eigenvalue weighted by molar-refractivity contribution is -2.00. The summed E-state index contributed by atoms with van der Waals surface area (Å²) in [5.74, 6) is 1.49. The van der Waals surface area contributed by atoms with Gasteiger partial charge in [0.2, 0.25) is 0 Å². The van der Waals surface area contributed by atoms with E-state index in [9.17, 15) is 0 Å². The quantitative estimate of drug-likeness (QED) is 0.459. The summed E-state index contributed by atoms with van der Waals surface area (Å²) in [5.41, 5.74) is 0.965. The van der Waals surface area contributed by atoms with E-state index in [0.29, 0.717) is 0 Å². The first kappa shape index (κ1) is 15.2. The second kappa shape index (κ2) is 6.38. The Hall–Kier alpha value is -0.810. The second-order valence-electron chi connectivity index (χ2n) is 2.80. The van der Waals surface area contributed by atoms with Crippen LogP contribution in [0, 0.1) is 10.2 Å². The lowest BCUT2D eigenvalue weighted by atomic mass is 10.3. The molecule has 0 saturated heterocycles. The fourth-order valence-corrected chi connectivity index (χ4v) is 2.83. The van der Waals surface area contributed by atoms with Gasteiger partial charge in [-0.05, 0) is 0 Å². The largest absolute Gasteiger partial charge is 0.493 e. The van der Waals surface area contributed by atoms with Crippen LogP contribution in [-0.2, 0) is 0 Å². The highest BCUT2D eigenvalue weighted by atomic mass is 35.7. The third-order valence-corrected chi connectivity index (χ3v) is 3.57. The predicted molar refractivity (Wildman–Crippen MR) is 55.0 cm³/mol. The summed E-state index contributed by atoms with van der Waals surface area (Å²) in [7, 11) is 1.42. The maximum absolute atomic E-state index is 8.49. The second-order valence-corrected chi connectivity index (χ2v) is 5.44. The molecule has 0 aliphatic heterocycles. The molecule has 0 amide bonds. The zero-order valence-corrected chi connectivity index (χ0v) is 11.6. The fourth-order valence-electron chi connectivity index (χ4n) is 1.09. The number of halogens is 1. The summed E-state index contributed by atoms with van der Waals surface area (Å²) in [4.78, 5) is 0. The van der Waals surface area contributed by atoms with Crippen molar-refractivity contribution in [1.82, 2.24) is 4.37 Å². The van der Waals surface area contributed by atoms with E-state index in [1.54, 1.807) is 24.6 Å². The first-order valence-corrected chi connectivity index (χ1v) is 7.61. The van der Waals surface area contributed by atoms with Crippen LogP contribution < -0.4 is 28.1 Å². The van der Waals surface area contributed by atoms with Gasteiger partial charge in [-0.15, -0.1) is 14.6 Å². The number of fused-ring (bicyclic) bond motifs is 1. The molecule has 0 atom stereocenters. The van der Waals surface area contributed by atoms with Gasteiger partial charge in [-0.25, -0.2) is 18.6 Å². The van der Waals surface area contributed by atoms with Crippen molar-refractivity contribution in [2.45, 2.75) is 0 Å². The van der Waals surface area contributed by atoms with Gasteiger partial charge in [-0.1, -0.05) is 0 Å². The first-order valence-electron chi connectivity index (χ1n) is 4.27. The van der Waals surface area contributed by atoms with Crippen LogP contribution in [0.4, 0.5) is 0 Å². The predicted octanol–water partition coefficient (Wildman–Crippen LogP) is -2.10. The maximum atomic E-state index is 8.49. The lowest BCUT2D eigenvalue weighted by Crippen LogP contribution is -2.68. The van der Waals surface area contributed by atoms with E-state index in [1.807, 2.05) is 12.1 Å². The third-order valence-electron chi connectivity index (χ3n) is 1.73. The molecule has 2 rings (SSSR count). The zero-order chi connectivity index (χ0) is 13.8. The van der Waals surface area contributed by atoms with Crippen LogP contribution in [0.25, 0.3) is 10.2 Å². The van der Waals surface area contributed by atoms with E-state index in [2.05, 4.69) is 4.37 Å². The summed E-state index contributed by atoms with van der Waals surface area (Å²) in [6.07, 6.45) is 0. The molecule has 1 aromatic carbocycles. The van der Waals surface area contributed by atoms with Gasteiger partial charge in [0, 0.05) is 6.07 Å². The molecule has 1 aromatic heterocycles. The van der Waals surface area contributed by atoms with E-state index < -0.39 is 10.2 Å². The molecule has 0 aliphatic carbocycles. The summed E-state index contributed by atoms with van der Waals surface area (Å²) >= 11 is 0. The molecular weight excluding hydrogens is 306 g/mol. The molecule has 2 aromatic rings. The summed E-state index contributed by atoms with van der Waals surface area (Å²) in [6.45, 7) is 0. The lowest BCUT2D eigenvalue weighted by Gasteiger charge is -2.17. The highest BCUT2D eigenvalue weighted by Gasteiger charge is 2.15. The third kappa shape index (κ3) is 4.82. The molecule has 0 radical (unpaired) electrons. The molecule has 10 heteroatoms. The Morgan fingerprint density at radius 1 is 1.11 bits per heavy atom. The van der Waals surface area contributed by atoms with E-state index >= 15 is 0 Å². The molecule has 0 unspecified atom stereocenters. The van der Waals surface area contributed by atoms with Crippen molar-refractivity contribution < 1.29 is 38.4 Å². The summed E-state index contributed by atoms with van der Waals surface area (Å²) in [6, 6.07) is 3.84. The van der Waals surface area contributed by atoms with Crippen molar-refractivity contribution in [2.75, 3.05) is 14.2 Å². The Bertz CT molecular complexity index is 470. The molecule has 7 nitrogen and oxygen atoms in total. The molecule has 0 saturated carbocycles. The van der Waals surface area contributed by atoms with E-state index in [4.69, 9.17) is 28.1 Å². The zero-order valence-electron chi connectivity index (χ0n) is 9.25. The average Bonchev–Trinajstić information content (AvgIpc) is 2.71. The minimum atomic E-state index is -4.94. The van der Waals surface area contributed by atoms with Gasteiger partial charge in [-0.3, -0.25) is 0 Å². The first-order chi connectivity index (χ1) is 8.35. The van der Waals surface area contributed by atoms with Crippen LogP contribution in [0.1, 0.15) is 0 Å². The fraction of sp³-hybridized carbons (Fsp3) is 0.250. The van der Waals surface area contributed by atoms with Crippen molar-refractivity contribution in [3.63, 3.8) is 0 Å². The topological polar surface area (TPSA) is 124 Å². The molecule has 0 N–H and O–H groups in total. The van der Waals surface area contributed by atoms with Gasteiger partial charge in [0.1, 0.15) is 0 Å². The van der Waals surface area contributed by atoms with Gasteiger partial charge in [0.25, 0.3) is 15.2 Å². The average molecular weight is 314 g/mol. The maximum Gasteiger partial charge on any atom is 0.323 e. The summed E-state index contributed by atoms with van der Waals surface area (Å²) < 4.78 is 49.7. The van der Waals surface area contributed by atoms with Gasteiger partial charge in [0.05, 0.1) is 20.3 Å². The van der Waals surface area contributed by atoms with Crippen LogP contribution >= 0.6 is 20.9 Å². The number of ether oxygens (including phenoxy) is 2. The molecule has 0 spiro atoms. The molecule has 1 heterocycles. The van der Waals surface area contributed by atoms with Crippen LogP contribution in [0.2, 0.25) is 0 Å². The Morgan fingerprint density at radius 3 is 2.11 bits per heavy atom. The monoisotopic (exact) mass is 313 g/mol. The van der Waals surface area contributed by atoms with Gasteiger partial charge in [0.15, 0.2) is 17.0 Å². The van der Waals surface area contributed by atoms with Crippen LogP contribution in [0.3, 0.4) is 0 Å². The van der Waals surface area contributed by atoms with Gasteiger partial charge in [-0.2, -0.15) is 0 Å². The highest BCUT2D eigenvalue weighted by Crippen LogP contribution is 2.34. The number of rotatable bonds is 2. The Balaban J connectivity index is 0.000000280. The molecule has 0 aliphatic rings. The molecule has 0 fully saturated rings. The number of aromatic nitrogens is 1. The number of hydrogen-bond donors (Lipinski definition) is 0.